The lowest BCUT2D eigenvalue weighted by molar-refractivity contribution is -0.150. The molecule has 1 fully saturated rings. The van der Waals surface area contributed by atoms with Gasteiger partial charge in [0.2, 0.25) is 0 Å². The van der Waals surface area contributed by atoms with E-state index in [4.69, 9.17) is 4.74 Å². The molecule has 0 aromatic carbocycles. The van der Waals surface area contributed by atoms with Crippen LogP contribution in [-0.2, 0) is 19.9 Å². The van der Waals surface area contributed by atoms with E-state index in [0.717, 1.165) is 24.1 Å². The van der Waals surface area contributed by atoms with Gasteiger partial charge in [0.25, 0.3) is 0 Å². The molecule has 3 heterocycles. The molecule has 0 unspecified atom stereocenters. The van der Waals surface area contributed by atoms with Crippen LogP contribution in [0.25, 0.3) is 0 Å². The van der Waals surface area contributed by atoms with Crippen LogP contribution in [0.15, 0.2) is 30.6 Å². The maximum Gasteiger partial charge on any atom is 0.413 e. The Morgan fingerprint density at radius 3 is 2.43 bits per heavy atom. The number of aromatic nitrogens is 2. The second-order valence-corrected chi connectivity index (χ2v) is 10.5. The number of nitrogens with one attached hydrogen (secondary N) is 2. The van der Waals surface area contributed by atoms with Crippen LogP contribution in [0.1, 0.15) is 64.3 Å². The zero-order valence-electron chi connectivity index (χ0n) is 21.6. The Bertz CT molecular complexity index is 1110. The van der Waals surface area contributed by atoms with E-state index in [9.17, 15) is 14.4 Å². The number of anilines is 2. The molecule has 1 saturated heterocycles. The molecule has 2 atom stereocenters. The van der Waals surface area contributed by atoms with Crippen molar-refractivity contribution < 1.29 is 19.1 Å². The van der Waals surface area contributed by atoms with Crippen LogP contribution in [0.2, 0.25) is 0 Å². The van der Waals surface area contributed by atoms with E-state index in [0.29, 0.717) is 23.6 Å². The smallest absolute Gasteiger partial charge is 0.413 e. The lowest BCUT2D eigenvalue weighted by atomic mass is 9.79. The molecule has 2 aromatic heterocycles. The number of pyridine rings is 2. The van der Waals surface area contributed by atoms with Gasteiger partial charge in [0, 0.05) is 18.4 Å². The lowest BCUT2D eigenvalue weighted by Crippen LogP contribution is -2.55. The van der Waals surface area contributed by atoms with Crippen molar-refractivity contribution in [3.05, 3.63) is 47.4 Å². The molecular weight excluding hydrogens is 446 g/mol. The molecule has 0 radical (unpaired) electrons. The normalized spacial score (nSPS) is 20.2. The number of hydrogen-bond donors (Lipinski definition) is 2. The van der Waals surface area contributed by atoms with Gasteiger partial charge in [-0.2, -0.15) is 0 Å². The molecule has 188 valence electrons. The van der Waals surface area contributed by atoms with Gasteiger partial charge in [-0.3, -0.25) is 19.9 Å². The fourth-order valence-electron chi connectivity index (χ4n) is 4.14. The van der Waals surface area contributed by atoms with E-state index < -0.39 is 29.0 Å². The van der Waals surface area contributed by atoms with Crippen LogP contribution in [0, 0.1) is 19.8 Å². The second kappa shape index (κ2) is 10.0. The van der Waals surface area contributed by atoms with Crippen molar-refractivity contribution in [1.29, 1.82) is 0 Å². The van der Waals surface area contributed by atoms with Gasteiger partial charge in [-0.25, -0.2) is 9.78 Å². The summed E-state index contributed by atoms with van der Waals surface area (Å²) in [4.78, 5) is 48.6. The molecule has 1 aliphatic rings. The number of piperidine rings is 1. The number of carbonyl (C=O) groups is 3. The van der Waals surface area contributed by atoms with Crippen LogP contribution in [0.3, 0.4) is 0 Å². The molecule has 3 amide bonds. The predicted octanol–water partition coefficient (Wildman–Crippen LogP) is 4.55. The standard InChI is InChI=1S/C26H35N5O4/c1-16-10-11-26(7,19-9-8-18(3)27-13-19)31(15-16)23(33)22(32)29-20-12-17(2)21(28-14-20)30-24(34)35-25(4,5)6/h8-9,12-14,16H,10-11,15H2,1-7H3,(H,29,32)(H,28,30,34)/t16-,26-/m0/s1. The molecule has 9 heteroatoms. The van der Waals surface area contributed by atoms with Crippen LogP contribution >= 0.6 is 0 Å². The Labute approximate surface area is 206 Å². The Balaban J connectivity index is 1.75. The third-order valence-corrected chi connectivity index (χ3v) is 6.14. The summed E-state index contributed by atoms with van der Waals surface area (Å²) >= 11 is 0. The molecule has 0 bridgehead atoms. The molecule has 1 aliphatic heterocycles. The Morgan fingerprint density at radius 1 is 1.11 bits per heavy atom. The van der Waals surface area contributed by atoms with Crippen molar-refractivity contribution in [2.45, 2.75) is 72.4 Å². The van der Waals surface area contributed by atoms with Crippen LogP contribution in [-0.4, -0.2) is 44.9 Å². The molecule has 35 heavy (non-hydrogen) atoms. The minimum Gasteiger partial charge on any atom is -0.444 e. The zero-order valence-corrected chi connectivity index (χ0v) is 21.6. The van der Waals surface area contributed by atoms with E-state index in [1.165, 1.54) is 6.20 Å². The van der Waals surface area contributed by atoms with Gasteiger partial charge in [0.15, 0.2) is 0 Å². The number of likely N-dealkylation sites (tertiary alicyclic amines) is 1. The van der Waals surface area contributed by atoms with Gasteiger partial charge in [-0.05, 0) is 83.6 Å². The number of rotatable bonds is 3. The summed E-state index contributed by atoms with van der Waals surface area (Å²) in [7, 11) is 0. The molecule has 0 saturated carbocycles. The minimum atomic E-state index is -0.737. The molecule has 0 aliphatic carbocycles. The SMILES string of the molecule is Cc1ccc([C@]2(C)CC[C@H](C)CN2C(=O)C(=O)Nc2cnc(NC(=O)OC(C)(C)C)c(C)c2)cn1. The summed E-state index contributed by atoms with van der Waals surface area (Å²) in [6.45, 7) is 13.5. The summed E-state index contributed by atoms with van der Waals surface area (Å²) < 4.78 is 5.25. The highest BCUT2D eigenvalue weighted by molar-refractivity contribution is 6.39. The van der Waals surface area contributed by atoms with Crippen molar-refractivity contribution in [3.8, 4) is 0 Å². The van der Waals surface area contributed by atoms with Gasteiger partial charge in [0.05, 0.1) is 17.4 Å². The van der Waals surface area contributed by atoms with E-state index in [1.807, 2.05) is 26.0 Å². The maximum atomic E-state index is 13.3. The average molecular weight is 482 g/mol. The molecule has 3 rings (SSSR count). The highest BCUT2D eigenvalue weighted by Crippen LogP contribution is 2.39. The van der Waals surface area contributed by atoms with Crippen molar-refractivity contribution in [1.82, 2.24) is 14.9 Å². The van der Waals surface area contributed by atoms with E-state index in [1.54, 1.807) is 44.9 Å². The predicted molar refractivity (Wildman–Crippen MR) is 134 cm³/mol. The third-order valence-electron chi connectivity index (χ3n) is 6.14. The van der Waals surface area contributed by atoms with Gasteiger partial charge < -0.3 is 15.0 Å². The van der Waals surface area contributed by atoms with Gasteiger partial charge in [-0.1, -0.05) is 13.0 Å². The fraction of sp³-hybridized carbons (Fsp3) is 0.500. The number of amides is 3. The average Bonchev–Trinajstić information content (AvgIpc) is 2.76. The highest BCUT2D eigenvalue weighted by Gasteiger charge is 2.43. The largest absolute Gasteiger partial charge is 0.444 e. The van der Waals surface area contributed by atoms with Crippen molar-refractivity contribution in [3.63, 3.8) is 0 Å². The monoisotopic (exact) mass is 481 g/mol. The Kier molecular flexibility index (Phi) is 7.47. The van der Waals surface area contributed by atoms with Gasteiger partial charge in [-0.15, -0.1) is 0 Å². The van der Waals surface area contributed by atoms with Crippen LogP contribution in [0.5, 0.6) is 0 Å². The summed E-state index contributed by atoms with van der Waals surface area (Å²) in [6.07, 6.45) is 4.25. The Hall–Kier alpha value is -3.49. The van der Waals surface area contributed by atoms with Crippen molar-refractivity contribution in [2.75, 3.05) is 17.2 Å². The van der Waals surface area contributed by atoms with Crippen molar-refractivity contribution in [2.24, 2.45) is 5.92 Å². The molecule has 2 N–H and O–H groups in total. The van der Waals surface area contributed by atoms with E-state index >= 15 is 0 Å². The number of ether oxygens (including phenoxy) is 1. The quantitative estimate of drug-likeness (QED) is 0.622. The lowest BCUT2D eigenvalue weighted by Gasteiger charge is -2.46. The van der Waals surface area contributed by atoms with Crippen LogP contribution < -0.4 is 10.6 Å². The Morgan fingerprint density at radius 2 is 1.83 bits per heavy atom. The number of carbonyl (C=O) groups excluding carboxylic acids is 3. The summed E-state index contributed by atoms with van der Waals surface area (Å²) in [5.41, 5.74) is 1.51. The first-order valence-corrected chi connectivity index (χ1v) is 11.8. The van der Waals surface area contributed by atoms with E-state index in [2.05, 4.69) is 27.5 Å². The first kappa shape index (κ1) is 26.1. The number of hydrogen-bond acceptors (Lipinski definition) is 6. The third kappa shape index (κ3) is 6.35. The van der Waals surface area contributed by atoms with Crippen LogP contribution in [0.4, 0.5) is 16.3 Å². The first-order valence-electron chi connectivity index (χ1n) is 11.8. The fourth-order valence-corrected chi connectivity index (χ4v) is 4.14. The summed E-state index contributed by atoms with van der Waals surface area (Å²) in [5.74, 6) is -0.749. The van der Waals surface area contributed by atoms with E-state index in [-0.39, 0.29) is 5.92 Å². The minimum absolute atomic E-state index is 0.278. The summed E-state index contributed by atoms with van der Waals surface area (Å²) in [6, 6.07) is 5.54. The van der Waals surface area contributed by atoms with Crippen molar-refractivity contribution >= 4 is 29.4 Å². The van der Waals surface area contributed by atoms with Gasteiger partial charge >= 0.3 is 17.9 Å². The second-order valence-electron chi connectivity index (χ2n) is 10.5. The number of aryl methyl sites for hydroxylation is 2. The van der Waals surface area contributed by atoms with Gasteiger partial charge in [0.1, 0.15) is 11.4 Å². The maximum absolute atomic E-state index is 13.3. The highest BCUT2D eigenvalue weighted by atomic mass is 16.6. The molecule has 9 nitrogen and oxygen atoms in total. The topological polar surface area (TPSA) is 114 Å². The number of nitrogens with zero attached hydrogens (tertiary/aromatic N) is 3. The summed E-state index contributed by atoms with van der Waals surface area (Å²) in [5, 5.41) is 5.25. The molecular formula is C26H35N5O4. The first-order chi connectivity index (χ1) is 16.3. The molecule has 2 aromatic rings. The molecule has 0 spiro atoms. The zero-order chi connectivity index (χ0) is 26.0.